The summed E-state index contributed by atoms with van der Waals surface area (Å²) >= 11 is 0. The molecular weight excluding hydrogens is 292 g/mol. The molecule has 1 aromatic carbocycles. The van der Waals surface area contributed by atoms with Gasteiger partial charge in [0, 0.05) is 12.7 Å². The van der Waals surface area contributed by atoms with Gasteiger partial charge in [-0.25, -0.2) is 13.5 Å². The van der Waals surface area contributed by atoms with Crippen molar-refractivity contribution in [2.45, 2.75) is 25.4 Å². The number of nitrogens with zero attached hydrogens (tertiary/aromatic N) is 3. The van der Waals surface area contributed by atoms with E-state index < -0.39 is 23.6 Å². The van der Waals surface area contributed by atoms with Crippen LogP contribution in [0.15, 0.2) is 30.5 Å². The lowest BCUT2D eigenvalue weighted by Gasteiger charge is -2.19. The number of benzene rings is 1. The minimum atomic E-state index is -0.850. The van der Waals surface area contributed by atoms with Crippen LogP contribution < -0.4 is 0 Å². The Labute approximate surface area is 125 Å². The van der Waals surface area contributed by atoms with Gasteiger partial charge in [0.05, 0.1) is 5.69 Å². The molecular formula is C15H15F2N3O2. The van der Waals surface area contributed by atoms with Gasteiger partial charge in [-0.05, 0) is 37.6 Å². The van der Waals surface area contributed by atoms with E-state index in [1.807, 2.05) is 4.90 Å². The largest absolute Gasteiger partial charge is 0.480 e. The molecule has 0 aliphatic carbocycles. The summed E-state index contributed by atoms with van der Waals surface area (Å²) in [5.41, 5.74) is 0.348. The molecule has 3 rings (SSSR count). The quantitative estimate of drug-likeness (QED) is 0.941. The molecule has 1 saturated heterocycles. The lowest BCUT2D eigenvalue weighted by atomic mass is 10.2. The van der Waals surface area contributed by atoms with Crippen molar-refractivity contribution < 1.29 is 18.7 Å². The Balaban J connectivity index is 1.81. The van der Waals surface area contributed by atoms with Crippen LogP contribution in [0.2, 0.25) is 0 Å². The van der Waals surface area contributed by atoms with Gasteiger partial charge < -0.3 is 5.11 Å². The summed E-state index contributed by atoms with van der Waals surface area (Å²) in [7, 11) is 0. The maximum atomic E-state index is 13.7. The summed E-state index contributed by atoms with van der Waals surface area (Å²) in [6.45, 7) is 1.03. The summed E-state index contributed by atoms with van der Waals surface area (Å²) in [5.74, 6) is -2.24. The summed E-state index contributed by atoms with van der Waals surface area (Å²) in [5, 5.41) is 13.3. The van der Waals surface area contributed by atoms with Crippen molar-refractivity contribution in [2.75, 3.05) is 6.54 Å². The molecule has 1 aliphatic rings. The van der Waals surface area contributed by atoms with Crippen LogP contribution in [0.1, 0.15) is 18.5 Å². The SMILES string of the molecule is O=C(O)[C@H]1CCCN1Cc1ccn(-c2c(F)cccc2F)n1. The van der Waals surface area contributed by atoms with Crippen molar-refractivity contribution in [3.05, 3.63) is 47.8 Å². The highest BCUT2D eigenvalue weighted by atomic mass is 19.1. The predicted molar refractivity (Wildman–Crippen MR) is 74.5 cm³/mol. The van der Waals surface area contributed by atoms with Crippen LogP contribution in [0.4, 0.5) is 8.78 Å². The van der Waals surface area contributed by atoms with E-state index in [1.54, 1.807) is 6.07 Å². The second-order valence-electron chi connectivity index (χ2n) is 5.29. The van der Waals surface area contributed by atoms with E-state index in [-0.39, 0.29) is 5.69 Å². The number of hydrogen-bond donors (Lipinski definition) is 1. The van der Waals surface area contributed by atoms with Crippen molar-refractivity contribution in [1.82, 2.24) is 14.7 Å². The van der Waals surface area contributed by atoms with Crippen LogP contribution in [0.25, 0.3) is 5.69 Å². The third-order valence-corrected chi connectivity index (χ3v) is 3.82. The van der Waals surface area contributed by atoms with Gasteiger partial charge in [0.1, 0.15) is 11.7 Å². The Bertz CT molecular complexity index is 682. The Kier molecular flexibility index (Phi) is 3.89. The van der Waals surface area contributed by atoms with E-state index in [4.69, 9.17) is 5.11 Å². The predicted octanol–water partition coefficient (Wildman–Crippen LogP) is 2.20. The van der Waals surface area contributed by atoms with E-state index in [0.29, 0.717) is 25.2 Å². The third-order valence-electron chi connectivity index (χ3n) is 3.82. The third kappa shape index (κ3) is 2.71. The van der Waals surface area contributed by atoms with Crippen molar-refractivity contribution in [1.29, 1.82) is 0 Å². The molecule has 1 fully saturated rings. The first-order chi connectivity index (χ1) is 10.6. The number of rotatable bonds is 4. The van der Waals surface area contributed by atoms with E-state index in [9.17, 15) is 13.6 Å². The topological polar surface area (TPSA) is 58.4 Å². The summed E-state index contributed by atoms with van der Waals surface area (Å²) in [4.78, 5) is 13.0. The molecule has 0 amide bonds. The molecule has 0 saturated carbocycles. The van der Waals surface area contributed by atoms with Crippen molar-refractivity contribution >= 4 is 5.97 Å². The fourth-order valence-electron chi connectivity index (χ4n) is 2.78. The molecule has 0 bridgehead atoms. The summed E-state index contributed by atoms with van der Waals surface area (Å²) in [6, 6.07) is 4.75. The maximum Gasteiger partial charge on any atom is 0.320 e. The van der Waals surface area contributed by atoms with Gasteiger partial charge in [-0.15, -0.1) is 0 Å². The van der Waals surface area contributed by atoms with E-state index in [1.165, 1.54) is 24.4 Å². The minimum Gasteiger partial charge on any atom is -0.480 e. The number of carboxylic acid groups (broad SMARTS) is 1. The standard InChI is InChI=1S/C15H15F2N3O2/c16-11-3-1-4-12(17)14(11)20-8-6-10(18-20)9-19-7-2-5-13(19)15(21)22/h1,3-4,6,8,13H,2,5,7,9H2,(H,21,22)/t13-/m1/s1. The number of carbonyl (C=O) groups is 1. The Morgan fingerprint density at radius 2 is 2.05 bits per heavy atom. The zero-order chi connectivity index (χ0) is 15.7. The van der Waals surface area contributed by atoms with E-state index in [0.717, 1.165) is 11.1 Å². The minimum absolute atomic E-state index is 0.232. The molecule has 2 heterocycles. The molecule has 7 heteroatoms. The monoisotopic (exact) mass is 307 g/mol. The number of hydrogen-bond acceptors (Lipinski definition) is 3. The first-order valence-electron chi connectivity index (χ1n) is 7.02. The molecule has 22 heavy (non-hydrogen) atoms. The highest BCUT2D eigenvalue weighted by molar-refractivity contribution is 5.73. The van der Waals surface area contributed by atoms with E-state index in [2.05, 4.69) is 5.10 Å². The molecule has 5 nitrogen and oxygen atoms in total. The zero-order valence-corrected chi connectivity index (χ0v) is 11.7. The summed E-state index contributed by atoms with van der Waals surface area (Å²) in [6.07, 6.45) is 2.90. The van der Waals surface area contributed by atoms with Crippen molar-refractivity contribution in [3.63, 3.8) is 0 Å². The highest BCUT2D eigenvalue weighted by Gasteiger charge is 2.30. The molecule has 1 aromatic heterocycles. The molecule has 1 aliphatic heterocycles. The van der Waals surface area contributed by atoms with Gasteiger partial charge in [-0.2, -0.15) is 5.10 Å². The van der Waals surface area contributed by atoms with Gasteiger partial charge in [0.2, 0.25) is 0 Å². The lowest BCUT2D eigenvalue weighted by Crippen LogP contribution is -2.35. The second kappa shape index (κ2) is 5.84. The molecule has 116 valence electrons. The zero-order valence-electron chi connectivity index (χ0n) is 11.7. The van der Waals surface area contributed by atoms with Crippen LogP contribution in [-0.2, 0) is 11.3 Å². The molecule has 1 N–H and O–H groups in total. The Morgan fingerprint density at radius 1 is 1.32 bits per heavy atom. The van der Waals surface area contributed by atoms with Gasteiger partial charge in [-0.3, -0.25) is 9.69 Å². The van der Waals surface area contributed by atoms with Crippen molar-refractivity contribution in [2.24, 2.45) is 0 Å². The van der Waals surface area contributed by atoms with Crippen LogP contribution in [-0.4, -0.2) is 38.3 Å². The fraction of sp³-hybridized carbons (Fsp3) is 0.333. The average Bonchev–Trinajstić information content (AvgIpc) is 3.09. The van der Waals surface area contributed by atoms with Gasteiger partial charge in [-0.1, -0.05) is 6.07 Å². The Morgan fingerprint density at radius 3 is 2.73 bits per heavy atom. The number of carboxylic acids is 1. The number of halogens is 2. The Hall–Kier alpha value is -2.28. The highest BCUT2D eigenvalue weighted by Crippen LogP contribution is 2.21. The number of likely N-dealkylation sites (tertiary alicyclic amines) is 1. The lowest BCUT2D eigenvalue weighted by molar-refractivity contribution is -0.142. The smallest absolute Gasteiger partial charge is 0.320 e. The summed E-state index contributed by atoms with van der Waals surface area (Å²) < 4.78 is 28.6. The average molecular weight is 307 g/mol. The first kappa shape index (κ1) is 14.6. The molecule has 1 atom stereocenters. The van der Waals surface area contributed by atoms with E-state index >= 15 is 0 Å². The normalized spacial score (nSPS) is 18.7. The van der Waals surface area contributed by atoms with Crippen molar-refractivity contribution in [3.8, 4) is 5.69 Å². The van der Waals surface area contributed by atoms with Crippen LogP contribution in [0, 0.1) is 11.6 Å². The number of aliphatic carboxylic acids is 1. The molecule has 2 aromatic rings. The van der Waals surface area contributed by atoms with Crippen LogP contribution in [0.3, 0.4) is 0 Å². The fourth-order valence-corrected chi connectivity index (χ4v) is 2.78. The van der Waals surface area contributed by atoms with Gasteiger partial charge >= 0.3 is 5.97 Å². The second-order valence-corrected chi connectivity index (χ2v) is 5.29. The molecule has 0 radical (unpaired) electrons. The van der Waals surface area contributed by atoms with Gasteiger partial charge in [0.15, 0.2) is 11.6 Å². The van der Waals surface area contributed by atoms with Crippen LogP contribution >= 0.6 is 0 Å². The first-order valence-corrected chi connectivity index (χ1v) is 7.02. The number of para-hydroxylation sites is 1. The number of aromatic nitrogens is 2. The molecule has 0 spiro atoms. The van der Waals surface area contributed by atoms with Crippen LogP contribution in [0.5, 0.6) is 0 Å². The maximum absolute atomic E-state index is 13.7. The molecule has 0 unspecified atom stereocenters. The van der Waals surface area contributed by atoms with Gasteiger partial charge in [0.25, 0.3) is 0 Å².